The fraction of sp³-hybridized carbons (Fsp3) is 0.571. The molecular formula is C14H21BrFNO. The van der Waals surface area contributed by atoms with Crippen molar-refractivity contribution in [2.24, 2.45) is 0 Å². The van der Waals surface area contributed by atoms with Gasteiger partial charge in [0.15, 0.2) is 0 Å². The van der Waals surface area contributed by atoms with Gasteiger partial charge in [-0.25, -0.2) is 4.39 Å². The van der Waals surface area contributed by atoms with Crippen molar-refractivity contribution in [1.82, 2.24) is 5.32 Å². The Balaban J connectivity index is 2.70. The molecule has 0 saturated carbocycles. The zero-order chi connectivity index (χ0) is 13.4. The first kappa shape index (κ1) is 15.6. The Kier molecular flexibility index (Phi) is 7.47. The molecule has 0 radical (unpaired) electrons. The molecule has 0 saturated heterocycles. The SMILES string of the molecule is CCCNC(CCCOC)c1ccc(F)c(Br)c1. The third-order valence-electron chi connectivity index (χ3n) is 2.83. The summed E-state index contributed by atoms with van der Waals surface area (Å²) < 4.78 is 18.8. The van der Waals surface area contributed by atoms with Crippen molar-refractivity contribution in [3.05, 3.63) is 34.1 Å². The van der Waals surface area contributed by atoms with Gasteiger partial charge in [-0.05, 0) is 59.4 Å². The van der Waals surface area contributed by atoms with Crippen molar-refractivity contribution in [3.8, 4) is 0 Å². The van der Waals surface area contributed by atoms with Crippen molar-refractivity contribution in [2.45, 2.75) is 32.2 Å². The second-order valence-corrected chi connectivity index (χ2v) is 5.17. The molecule has 0 heterocycles. The summed E-state index contributed by atoms with van der Waals surface area (Å²) in [5.74, 6) is -0.218. The third kappa shape index (κ3) is 5.04. The van der Waals surface area contributed by atoms with E-state index in [1.165, 1.54) is 6.07 Å². The van der Waals surface area contributed by atoms with Gasteiger partial charge >= 0.3 is 0 Å². The van der Waals surface area contributed by atoms with Crippen LogP contribution in [0.2, 0.25) is 0 Å². The molecule has 0 aliphatic rings. The van der Waals surface area contributed by atoms with Crippen LogP contribution in [-0.4, -0.2) is 20.3 Å². The molecule has 1 N–H and O–H groups in total. The molecule has 1 aromatic carbocycles. The van der Waals surface area contributed by atoms with Crippen LogP contribution in [0.15, 0.2) is 22.7 Å². The predicted octanol–water partition coefficient (Wildman–Crippen LogP) is 4.06. The molecule has 1 aromatic rings. The normalized spacial score (nSPS) is 12.7. The molecule has 4 heteroatoms. The fourth-order valence-corrected chi connectivity index (χ4v) is 2.26. The number of methoxy groups -OCH3 is 1. The van der Waals surface area contributed by atoms with E-state index in [-0.39, 0.29) is 11.9 Å². The highest BCUT2D eigenvalue weighted by Crippen LogP contribution is 2.24. The molecule has 102 valence electrons. The van der Waals surface area contributed by atoms with Crippen molar-refractivity contribution < 1.29 is 9.13 Å². The van der Waals surface area contributed by atoms with Gasteiger partial charge in [-0.2, -0.15) is 0 Å². The van der Waals surface area contributed by atoms with Crippen LogP contribution in [-0.2, 0) is 4.74 Å². The van der Waals surface area contributed by atoms with Gasteiger partial charge in [0.2, 0.25) is 0 Å². The topological polar surface area (TPSA) is 21.3 Å². The van der Waals surface area contributed by atoms with Crippen LogP contribution < -0.4 is 5.32 Å². The third-order valence-corrected chi connectivity index (χ3v) is 3.44. The molecule has 1 atom stereocenters. The van der Waals surface area contributed by atoms with Crippen LogP contribution in [0.25, 0.3) is 0 Å². The summed E-state index contributed by atoms with van der Waals surface area (Å²) in [7, 11) is 1.71. The van der Waals surface area contributed by atoms with Crippen LogP contribution in [0.1, 0.15) is 37.8 Å². The van der Waals surface area contributed by atoms with Gasteiger partial charge < -0.3 is 10.1 Å². The van der Waals surface area contributed by atoms with Gasteiger partial charge in [-0.15, -0.1) is 0 Å². The zero-order valence-electron chi connectivity index (χ0n) is 11.0. The smallest absolute Gasteiger partial charge is 0.137 e. The highest BCUT2D eigenvalue weighted by atomic mass is 79.9. The van der Waals surface area contributed by atoms with Gasteiger partial charge in [0, 0.05) is 19.8 Å². The number of halogens is 2. The first-order chi connectivity index (χ1) is 8.69. The summed E-state index contributed by atoms with van der Waals surface area (Å²) in [5.41, 5.74) is 1.12. The maximum absolute atomic E-state index is 13.2. The summed E-state index contributed by atoms with van der Waals surface area (Å²) in [4.78, 5) is 0. The second kappa shape index (κ2) is 8.62. The van der Waals surface area contributed by atoms with E-state index < -0.39 is 0 Å². The Hall–Kier alpha value is -0.450. The Morgan fingerprint density at radius 2 is 2.22 bits per heavy atom. The monoisotopic (exact) mass is 317 g/mol. The maximum atomic E-state index is 13.2. The molecule has 0 spiro atoms. The molecule has 0 bridgehead atoms. The number of nitrogens with one attached hydrogen (secondary N) is 1. The summed E-state index contributed by atoms with van der Waals surface area (Å²) in [5, 5.41) is 3.49. The highest BCUT2D eigenvalue weighted by Gasteiger charge is 2.12. The summed E-state index contributed by atoms with van der Waals surface area (Å²) in [6.45, 7) is 3.86. The fourth-order valence-electron chi connectivity index (χ4n) is 1.87. The van der Waals surface area contributed by atoms with Crippen LogP contribution in [0, 0.1) is 5.82 Å². The lowest BCUT2D eigenvalue weighted by molar-refractivity contribution is 0.188. The number of benzene rings is 1. The molecule has 0 fully saturated rings. The minimum Gasteiger partial charge on any atom is -0.385 e. The molecule has 0 aliphatic carbocycles. The lowest BCUT2D eigenvalue weighted by atomic mass is 10.0. The van der Waals surface area contributed by atoms with E-state index in [1.807, 2.05) is 12.1 Å². The van der Waals surface area contributed by atoms with Crippen molar-refractivity contribution in [3.63, 3.8) is 0 Å². The van der Waals surface area contributed by atoms with Gasteiger partial charge in [-0.1, -0.05) is 13.0 Å². The molecule has 18 heavy (non-hydrogen) atoms. The van der Waals surface area contributed by atoms with Crippen molar-refractivity contribution in [2.75, 3.05) is 20.3 Å². The largest absolute Gasteiger partial charge is 0.385 e. The number of hydrogen-bond donors (Lipinski definition) is 1. The average molecular weight is 318 g/mol. The van der Waals surface area contributed by atoms with E-state index in [9.17, 15) is 4.39 Å². The quantitative estimate of drug-likeness (QED) is 0.730. The molecule has 0 aromatic heterocycles. The summed E-state index contributed by atoms with van der Waals surface area (Å²) in [6, 6.07) is 5.48. The van der Waals surface area contributed by atoms with E-state index in [0.29, 0.717) is 4.47 Å². The van der Waals surface area contributed by atoms with E-state index in [2.05, 4.69) is 28.2 Å². The minimum absolute atomic E-state index is 0.218. The Bertz CT molecular complexity index is 360. The van der Waals surface area contributed by atoms with Crippen molar-refractivity contribution in [1.29, 1.82) is 0 Å². The van der Waals surface area contributed by atoms with Crippen LogP contribution >= 0.6 is 15.9 Å². The standard InChI is InChI=1S/C14H21BrFNO/c1-3-8-17-14(5-4-9-18-2)11-6-7-13(16)12(15)10-11/h6-7,10,14,17H,3-5,8-9H2,1-2H3. The Morgan fingerprint density at radius 1 is 1.44 bits per heavy atom. The summed E-state index contributed by atoms with van der Waals surface area (Å²) in [6.07, 6.45) is 3.07. The van der Waals surface area contributed by atoms with E-state index in [1.54, 1.807) is 7.11 Å². The molecule has 0 aliphatic heterocycles. The van der Waals surface area contributed by atoms with Gasteiger partial charge in [-0.3, -0.25) is 0 Å². The lowest BCUT2D eigenvalue weighted by Crippen LogP contribution is -2.22. The van der Waals surface area contributed by atoms with E-state index in [0.717, 1.165) is 38.0 Å². The molecule has 2 nitrogen and oxygen atoms in total. The summed E-state index contributed by atoms with van der Waals surface area (Å²) >= 11 is 3.24. The Morgan fingerprint density at radius 3 is 2.83 bits per heavy atom. The number of ether oxygens (including phenoxy) is 1. The maximum Gasteiger partial charge on any atom is 0.137 e. The number of hydrogen-bond acceptors (Lipinski definition) is 2. The first-order valence-electron chi connectivity index (χ1n) is 6.36. The Labute approximate surface area is 117 Å². The minimum atomic E-state index is -0.218. The average Bonchev–Trinajstić information content (AvgIpc) is 2.37. The van der Waals surface area contributed by atoms with Crippen LogP contribution in [0.3, 0.4) is 0 Å². The molecule has 1 rings (SSSR count). The molecule has 0 amide bonds. The predicted molar refractivity (Wildman–Crippen MR) is 76.2 cm³/mol. The molecule has 1 unspecified atom stereocenters. The highest BCUT2D eigenvalue weighted by molar-refractivity contribution is 9.10. The second-order valence-electron chi connectivity index (χ2n) is 4.32. The van der Waals surface area contributed by atoms with Crippen LogP contribution in [0.5, 0.6) is 0 Å². The van der Waals surface area contributed by atoms with E-state index in [4.69, 9.17) is 4.74 Å². The van der Waals surface area contributed by atoms with Crippen molar-refractivity contribution >= 4 is 15.9 Å². The zero-order valence-corrected chi connectivity index (χ0v) is 12.6. The first-order valence-corrected chi connectivity index (χ1v) is 7.15. The van der Waals surface area contributed by atoms with Crippen LogP contribution in [0.4, 0.5) is 4.39 Å². The van der Waals surface area contributed by atoms with Gasteiger partial charge in [0.1, 0.15) is 5.82 Å². The van der Waals surface area contributed by atoms with Gasteiger partial charge in [0.25, 0.3) is 0 Å². The van der Waals surface area contributed by atoms with Gasteiger partial charge in [0.05, 0.1) is 4.47 Å². The molecular weight excluding hydrogens is 297 g/mol. The van der Waals surface area contributed by atoms with E-state index >= 15 is 0 Å². The number of rotatable bonds is 8. The lowest BCUT2D eigenvalue weighted by Gasteiger charge is -2.19.